The first-order chi connectivity index (χ1) is 8.65. The highest BCUT2D eigenvalue weighted by atomic mass is 14.8. The summed E-state index contributed by atoms with van der Waals surface area (Å²) in [5.41, 5.74) is 3.18. The molecule has 1 unspecified atom stereocenters. The second-order valence-corrected chi connectivity index (χ2v) is 6.13. The molecule has 1 aromatic heterocycles. The summed E-state index contributed by atoms with van der Waals surface area (Å²) in [7, 11) is 0. The van der Waals surface area contributed by atoms with Gasteiger partial charge >= 0.3 is 0 Å². The zero-order valence-electron chi connectivity index (χ0n) is 12.0. The lowest BCUT2D eigenvalue weighted by Crippen LogP contribution is -2.27. The second-order valence-electron chi connectivity index (χ2n) is 6.13. The van der Waals surface area contributed by atoms with Crippen molar-refractivity contribution >= 4 is 0 Å². The van der Waals surface area contributed by atoms with Gasteiger partial charge in [-0.05, 0) is 55.8 Å². The van der Waals surface area contributed by atoms with Gasteiger partial charge < -0.3 is 5.32 Å². The highest BCUT2D eigenvalue weighted by Crippen LogP contribution is 2.45. The number of hydrogen-bond donors (Lipinski definition) is 1. The Labute approximate surface area is 111 Å². The zero-order chi connectivity index (χ0) is 13.0. The molecule has 2 rings (SSSR count). The van der Waals surface area contributed by atoms with Gasteiger partial charge in [-0.25, -0.2) is 0 Å². The normalized spacial score (nSPS) is 18.9. The van der Waals surface area contributed by atoms with Crippen molar-refractivity contribution < 1.29 is 0 Å². The molecule has 0 saturated heterocycles. The molecule has 1 N–H and O–H groups in total. The van der Waals surface area contributed by atoms with Crippen LogP contribution in [0.15, 0.2) is 18.3 Å². The van der Waals surface area contributed by atoms with Gasteiger partial charge in [0.1, 0.15) is 0 Å². The topological polar surface area (TPSA) is 24.9 Å². The van der Waals surface area contributed by atoms with Crippen LogP contribution >= 0.6 is 0 Å². The zero-order valence-corrected chi connectivity index (χ0v) is 12.0. The fourth-order valence-corrected chi connectivity index (χ4v) is 3.06. The van der Waals surface area contributed by atoms with Crippen LogP contribution in [-0.4, -0.2) is 18.1 Å². The van der Waals surface area contributed by atoms with Crippen molar-refractivity contribution in [1.29, 1.82) is 0 Å². The molecule has 1 heterocycles. The standard InChI is InChI=1S/C16H26N2/c1-4-10-17-12-9-16(2,3)14-8-7-13-6-5-11-18-15(13)14/h5-6,11,14,17H,4,7-10,12H2,1-3H3. The van der Waals surface area contributed by atoms with Crippen LogP contribution in [0, 0.1) is 5.41 Å². The summed E-state index contributed by atoms with van der Waals surface area (Å²) in [5.74, 6) is 0.636. The Hall–Kier alpha value is -0.890. The molecule has 1 aliphatic rings. The van der Waals surface area contributed by atoms with E-state index in [2.05, 4.69) is 43.2 Å². The number of hydrogen-bond acceptors (Lipinski definition) is 2. The fourth-order valence-electron chi connectivity index (χ4n) is 3.06. The van der Waals surface area contributed by atoms with E-state index in [4.69, 9.17) is 0 Å². The van der Waals surface area contributed by atoms with Crippen LogP contribution in [0.2, 0.25) is 0 Å². The molecule has 1 aliphatic carbocycles. The van der Waals surface area contributed by atoms with Gasteiger partial charge in [0.25, 0.3) is 0 Å². The van der Waals surface area contributed by atoms with Gasteiger partial charge in [-0.3, -0.25) is 4.98 Å². The molecular weight excluding hydrogens is 220 g/mol. The maximum absolute atomic E-state index is 4.63. The summed E-state index contributed by atoms with van der Waals surface area (Å²) in [6, 6.07) is 4.31. The van der Waals surface area contributed by atoms with E-state index in [1.54, 1.807) is 0 Å². The van der Waals surface area contributed by atoms with E-state index >= 15 is 0 Å². The lowest BCUT2D eigenvalue weighted by atomic mass is 9.74. The number of nitrogens with zero attached hydrogens (tertiary/aromatic N) is 1. The van der Waals surface area contributed by atoms with Gasteiger partial charge in [-0.1, -0.05) is 26.8 Å². The quantitative estimate of drug-likeness (QED) is 0.777. The predicted octanol–water partition coefficient (Wildman–Crippen LogP) is 3.53. The maximum Gasteiger partial charge on any atom is 0.0471 e. The van der Waals surface area contributed by atoms with Crippen molar-refractivity contribution in [3.63, 3.8) is 0 Å². The minimum atomic E-state index is 0.348. The number of nitrogens with one attached hydrogen (secondary N) is 1. The summed E-state index contributed by atoms with van der Waals surface area (Å²) in [6.07, 6.45) is 6.87. The highest BCUT2D eigenvalue weighted by molar-refractivity contribution is 5.30. The van der Waals surface area contributed by atoms with Crippen molar-refractivity contribution in [1.82, 2.24) is 10.3 Å². The van der Waals surface area contributed by atoms with Crippen molar-refractivity contribution in [3.8, 4) is 0 Å². The Morgan fingerprint density at radius 1 is 1.39 bits per heavy atom. The van der Waals surface area contributed by atoms with Crippen LogP contribution in [0.25, 0.3) is 0 Å². The molecule has 0 bridgehead atoms. The van der Waals surface area contributed by atoms with Crippen molar-refractivity contribution in [3.05, 3.63) is 29.6 Å². The molecule has 1 atom stereocenters. The smallest absolute Gasteiger partial charge is 0.0471 e. The van der Waals surface area contributed by atoms with E-state index in [1.165, 1.54) is 36.9 Å². The fraction of sp³-hybridized carbons (Fsp3) is 0.688. The Morgan fingerprint density at radius 3 is 3.00 bits per heavy atom. The number of fused-ring (bicyclic) bond motifs is 1. The summed E-state index contributed by atoms with van der Waals surface area (Å²) in [6.45, 7) is 9.27. The molecule has 0 amide bonds. The Balaban J connectivity index is 1.98. The van der Waals surface area contributed by atoms with Gasteiger partial charge in [-0.15, -0.1) is 0 Å². The molecule has 100 valence electrons. The van der Waals surface area contributed by atoms with Crippen molar-refractivity contribution in [2.24, 2.45) is 5.41 Å². The third-order valence-electron chi connectivity index (χ3n) is 4.27. The molecule has 2 nitrogen and oxygen atoms in total. The third-order valence-corrected chi connectivity index (χ3v) is 4.27. The molecule has 0 spiro atoms. The molecule has 0 aromatic carbocycles. The SMILES string of the molecule is CCCNCCC(C)(C)C1CCc2cccnc21. The van der Waals surface area contributed by atoms with Gasteiger partial charge in [0.2, 0.25) is 0 Å². The van der Waals surface area contributed by atoms with Gasteiger partial charge in [0, 0.05) is 17.8 Å². The minimum absolute atomic E-state index is 0.348. The first kappa shape index (κ1) is 13.5. The van der Waals surface area contributed by atoms with Crippen LogP contribution in [0.3, 0.4) is 0 Å². The molecule has 0 aliphatic heterocycles. The Bertz CT molecular complexity index is 384. The van der Waals surface area contributed by atoms with Crippen LogP contribution in [-0.2, 0) is 6.42 Å². The van der Waals surface area contributed by atoms with E-state index < -0.39 is 0 Å². The molecule has 0 radical (unpaired) electrons. The summed E-state index contributed by atoms with van der Waals surface area (Å²) in [4.78, 5) is 4.63. The average molecular weight is 246 g/mol. The number of rotatable bonds is 6. The molecule has 2 heteroatoms. The predicted molar refractivity (Wildman–Crippen MR) is 76.9 cm³/mol. The lowest BCUT2D eigenvalue weighted by molar-refractivity contribution is 0.254. The van der Waals surface area contributed by atoms with E-state index in [9.17, 15) is 0 Å². The first-order valence-electron chi connectivity index (χ1n) is 7.29. The van der Waals surface area contributed by atoms with Crippen LogP contribution in [0.1, 0.15) is 57.2 Å². The Kier molecular flexibility index (Phi) is 4.39. The Morgan fingerprint density at radius 2 is 2.22 bits per heavy atom. The molecular formula is C16H26N2. The van der Waals surface area contributed by atoms with E-state index in [-0.39, 0.29) is 0 Å². The number of aromatic nitrogens is 1. The van der Waals surface area contributed by atoms with Crippen LogP contribution < -0.4 is 5.32 Å². The summed E-state index contributed by atoms with van der Waals surface area (Å²) >= 11 is 0. The lowest BCUT2D eigenvalue weighted by Gasteiger charge is -2.32. The maximum atomic E-state index is 4.63. The number of pyridine rings is 1. The molecule has 0 fully saturated rings. The molecule has 1 aromatic rings. The van der Waals surface area contributed by atoms with Gasteiger partial charge in [-0.2, -0.15) is 0 Å². The van der Waals surface area contributed by atoms with E-state index in [0.717, 1.165) is 13.1 Å². The number of aryl methyl sites for hydroxylation is 1. The van der Waals surface area contributed by atoms with Crippen molar-refractivity contribution in [2.45, 2.75) is 52.4 Å². The first-order valence-corrected chi connectivity index (χ1v) is 7.29. The monoisotopic (exact) mass is 246 g/mol. The van der Waals surface area contributed by atoms with E-state index in [0.29, 0.717) is 11.3 Å². The van der Waals surface area contributed by atoms with Gasteiger partial charge in [0.05, 0.1) is 0 Å². The summed E-state index contributed by atoms with van der Waals surface area (Å²) in [5, 5.41) is 3.52. The van der Waals surface area contributed by atoms with E-state index in [1.807, 2.05) is 6.20 Å². The van der Waals surface area contributed by atoms with Gasteiger partial charge in [0.15, 0.2) is 0 Å². The summed E-state index contributed by atoms with van der Waals surface area (Å²) < 4.78 is 0. The third kappa shape index (κ3) is 2.92. The molecule has 0 saturated carbocycles. The molecule has 18 heavy (non-hydrogen) atoms. The highest BCUT2D eigenvalue weighted by Gasteiger charge is 2.35. The van der Waals surface area contributed by atoms with Crippen LogP contribution in [0.4, 0.5) is 0 Å². The van der Waals surface area contributed by atoms with Crippen molar-refractivity contribution in [2.75, 3.05) is 13.1 Å². The largest absolute Gasteiger partial charge is 0.317 e. The van der Waals surface area contributed by atoms with Crippen LogP contribution in [0.5, 0.6) is 0 Å². The minimum Gasteiger partial charge on any atom is -0.317 e. The second kappa shape index (κ2) is 5.83. The average Bonchev–Trinajstić information content (AvgIpc) is 2.79.